The van der Waals surface area contributed by atoms with E-state index in [-0.39, 0.29) is 19.0 Å². The van der Waals surface area contributed by atoms with Crippen molar-refractivity contribution in [2.45, 2.75) is 85.5 Å². The number of hydrogen-bond acceptors (Lipinski definition) is 5. The van der Waals surface area contributed by atoms with Gasteiger partial charge in [-0.2, -0.15) is 0 Å². The van der Waals surface area contributed by atoms with E-state index in [1.165, 1.54) is 44.6 Å². The Kier molecular flexibility index (Phi) is 9.73. The Morgan fingerprint density at radius 2 is 1.58 bits per heavy atom. The highest BCUT2D eigenvalue weighted by molar-refractivity contribution is 6.09. The van der Waals surface area contributed by atoms with Crippen LogP contribution in [0.3, 0.4) is 0 Å². The van der Waals surface area contributed by atoms with Crippen LogP contribution in [-0.2, 0) is 31.9 Å². The first-order chi connectivity index (χ1) is 14.9. The van der Waals surface area contributed by atoms with Crippen LogP contribution in [0.25, 0.3) is 0 Å². The summed E-state index contributed by atoms with van der Waals surface area (Å²) in [5.74, 6) is -2.32. The molecular weight excluding hydrogens is 392 g/mol. The second-order valence-electron chi connectivity index (χ2n) is 8.61. The van der Waals surface area contributed by atoms with Crippen molar-refractivity contribution < 1.29 is 23.9 Å². The quantitative estimate of drug-likeness (QED) is 0.250. The molecule has 0 spiro atoms. The highest BCUT2D eigenvalue weighted by Crippen LogP contribution is 2.40. The molecule has 0 fully saturated rings. The number of ether oxygens (including phenoxy) is 2. The molecule has 0 N–H and O–H groups in total. The van der Waals surface area contributed by atoms with E-state index in [0.29, 0.717) is 18.4 Å². The Hall–Kier alpha value is -2.17. The predicted octanol–water partition coefficient (Wildman–Crippen LogP) is 5.47. The molecule has 0 bridgehead atoms. The number of carbonyl (C=O) groups excluding carboxylic acids is 3. The number of ketones is 1. The van der Waals surface area contributed by atoms with Crippen LogP contribution in [0.15, 0.2) is 18.2 Å². The highest BCUT2D eigenvalue weighted by Gasteiger charge is 2.54. The van der Waals surface area contributed by atoms with Gasteiger partial charge in [-0.25, -0.2) is 0 Å². The molecule has 0 saturated heterocycles. The molecule has 1 aliphatic rings. The summed E-state index contributed by atoms with van der Waals surface area (Å²) >= 11 is 0. The van der Waals surface area contributed by atoms with Gasteiger partial charge in [0.25, 0.3) is 0 Å². The molecule has 2 rings (SSSR count). The first-order valence-electron chi connectivity index (χ1n) is 11.9. The zero-order chi connectivity index (χ0) is 22.9. The lowest BCUT2D eigenvalue weighted by molar-refractivity contribution is -0.174. The average molecular weight is 431 g/mol. The predicted molar refractivity (Wildman–Crippen MR) is 121 cm³/mol. The van der Waals surface area contributed by atoms with E-state index in [9.17, 15) is 14.4 Å². The van der Waals surface area contributed by atoms with Crippen molar-refractivity contribution in [1.29, 1.82) is 0 Å². The van der Waals surface area contributed by atoms with Gasteiger partial charge in [0.1, 0.15) is 0 Å². The summed E-state index contributed by atoms with van der Waals surface area (Å²) in [6, 6.07) is 6.01. The Morgan fingerprint density at radius 3 is 2.19 bits per heavy atom. The number of hydrogen-bond donors (Lipinski definition) is 0. The molecule has 1 unspecified atom stereocenters. The van der Waals surface area contributed by atoms with Gasteiger partial charge in [-0.15, -0.1) is 0 Å². The zero-order valence-electron chi connectivity index (χ0n) is 19.6. The molecular formula is C26H38O5. The normalized spacial score (nSPS) is 16.0. The Morgan fingerprint density at radius 1 is 0.968 bits per heavy atom. The zero-order valence-corrected chi connectivity index (χ0v) is 19.6. The van der Waals surface area contributed by atoms with Gasteiger partial charge in [-0.3, -0.25) is 14.4 Å². The van der Waals surface area contributed by atoms with Crippen molar-refractivity contribution in [3.05, 3.63) is 34.9 Å². The van der Waals surface area contributed by atoms with E-state index in [0.717, 1.165) is 18.4 Å². The lowest BCUT2D eigenvalue weighted by Gasteiger charge is -2.35. The fourth-order valence-electron chi connectivity index (χ4n) is 4.46. The molecule has 1 aliphatic carbocycles. The van der Waals surface area contributed by atoms with E-state index in [4.69, 9.17) is 9.47 Å². The van der Waals surface area contributed by atoms with Crippen LogP contribution in [0, 0.1) is 11.3 Å². The molecule has 172 valence electrons. The van der Waals surface area contributed by atoms with Gasteiger partial charge in [0.2, 0.25) is 0 Å². The van der Waals surface area contributed by atoms with Crippen LogP contribution in [0.1, 0.15) is 94.1 Å². The fraction of sp³-hybridized carbons (Fsp3) is 0.654. The van der Waals surface area contributed by atoms with Crippen molar-refractivity contribution in [2.24, 2.45) is 11.3 Å². The Balaban J connectivity index is 2.14. The third kappa shape index (κ3) is 5.96. The first kappa shape index (κ1) is 25.1. The summed E-state index contributed by atoms with van der Waals surface area (Å²) < 4.78 is 10.3. The summed E-state index contributed by atoms with van der Waals surface area (Å²) in [4.78, 5) is 38.8. The molecule has 0 aliphatic heterocycles. The number of aryl methyl sites for hydroxylation is 2. The van der Waals surface area contributed by atoms with E-state index in [1.54, 1.807) is 13.8 Å². The SMILES string of the molecule is CCCCCCCCc1ccc2c(c1)CCC(C(C)(C(=O)OCC)C(=O)OCC)C2=O. The second-order valence-corrected chi connectivity index (χ2v) is 8.61. The minimum atomic E-state index is -1.63. The number of rotatable bonds is 12. The number of esters is 2. The standard InChI is InChI=1S/C26H38O5/c1-5-8-9-10-11-12-13-19-14-16-21-20(18-19)15-17-22(23(21)27)26(4,24(28)30-6-2)25(29)31-7-3/h14,16,18,22H,5-13,15,17H2,1-4H3. The maximum atomic E-state index is 13.3. The van der Waals surface area contributed by atoms with Crippen LogP contribution in [0.4, 0.5) is 0 Å². The van der Waals surface area contributed by atoms with Gasteiger partial charge >= 0.3 is 11.9 Å². The summed E-state index contributed by atoms with van der Waals surface area (Å²) in [7, 11) is 0. The maximum Gasteiger partial charge on any atom is 0.323 e. The highest BCUT2D eigenvalue weighted by atomic mass is 16.6. The molecule has 31 heavy (non-hydrogen) atoms. The van der Waals surface area contributed by atoms with Crippen LogP contribution >= 0.6 is 0 Å². The number of unbranched alkanes of at least 4 members (excludes halogenated alkanes) is 5. The van der Waals surface area contributed by atoms with Gasteiger partial charge in [0.05, 0.1) is 13.2 Å². The minimum absolute atomic E-state index is 0.146. The number of Topliss-reactive ketones (excluding diaryl/α,β-unsaturated/α-hetero) is 1. The van der Waals surface area contributed by atoms with E-state index < -0.39 is 23.3 Å². The van der Waals surface area contributed by atoms with Crippen molar-refractivity contribution in [2.75, 3.05) is 13.2 Å². The van der Waals surface area contributed by atoms with Crippen molar-refractivity contribution >= 4 is 17.7 Å². The number of carbonyl (C=O) groups is 3. The van der Waals surface area contributed by atoms with Gasteiger partial charge in [0.15, 0.2) is 11.2 Å². The van der Waals surface area contributed by atoms with Crippen LogP contribution < -0.4 is 0 Å². The smallest absolute Gasteiger partial charge is 0.323 e. The number of fused-ring (bicyclic) bond motifs is 1. The molecule has 5 nitrogen and oxygen atoms in total. The minimum Gasteiger partial charge on any atom is -0.465 e. The van der Waals surface area contributed by atoms with E-state index >= 15 is 0 Å². The van der Waals surface area contributed by atoms with Crippen LogP contribution in [0.5, 0.6) is 0 Å². The van der Waals surface area contributed by atoms with Gasteiger partial charge in [-0.1, -0.05) is 57.2 Å². The monoisotopic (exact) mass is 430 g/mol. The first-order valence-corrected chi connectivity index (χ1v) is 11.9. The van der Waals surface area contributed by atoms with E-state index in [2.05, 4.69) is 13.0 Å². The Bertz CT molecular complexity index is 749. The van der Waals surface area contributed by atoms with Crippen molar-refractivity contribution in [1.82, 2.24) is 0 Å². The molecule has 0 amide bonds. The molecule has 5 heteroatoms. The molecule has 0 aromatic heterocycles. The largest absolute Gasteiger partial charge is 0.465 e. The lowest BCUT2D eigenvalue weighted by Crippen LogP contribution is -2.49. The third-order valence-corrected chi connectivity index (χ3v) is 6.37. The summed E-state index contributed by atoms with van der Waals surface area (Å²) in [6.07, 6.45) is 9.63. The van der Waals surface area contributed by atoms with Crippen LogP contribution in [0.2, 0.25) is 0 Å². The fourth-order valence-corrected chi connectivity index (χ4v) is 4.46. The summed E-state index contributed by atoms with van der Waals surface area (Å²) in [6.45, 7) is 7.38. The number of benzene rings is 1. The van der Waals surface area contributed by atoms with E-state index in [1.807, 2.05) is 12.1 Å². The summed E-state index contributed by atoms with van der Waals surface area (Å²) in [5, 5.41) is 0. The molecule has 0 saturated carbocycles. The maximum absolute atomic E-state index is 13.3. The van der Waals surface area contributed by atoms with Crippen LogP contribution in [-0.4, -0.2) is 30.9 Å². The molecule has 0 heterocycles. The second kappa shape index (κ2) is 12.0. The molecule has 0 radical (unpaired) electrons. The molecule has 1 atom stereocenters. The summed E-state index contributed by atoms with van der Waals surface area (Å²) in [5.41, 5.74) is 1.25. The third-order valence-electron chi connectivity index (χ3n) is 6.37. The molecule has 1 aromatic carbocycles. The van der Waals surface area contributed by atoms with Gasteiger partial charge in [-0.05, 0) is 57.6 Å². The van der Waals surface area contributed by atoms with Crippen molar-refractivity contribution in [3.8, 4) is 0 Å². The molecule has 1 aromatic rings. The topological polar surface area (TPSA) is 69.7 Å². The van der Waals surface area contributed by atoms with Gasteiger partial charge < -0.3 is 9.47 Å². The lowest BCUT2D eigenvalue weighted by atomic mass is 9.67. The van der Waals surface area contributed by atoms with Gasteiger partial charge in [0, 0.05) is 11.5 Å². The Labute approximate surface area is 186 Å². The average Bonchev–Trinajstić information content (AvgIpc) is 2.76. The van der Waals surface area contributed by atoms with Crippen molar-refractivity contribution in [3.63, 3.8) is 0 Å².